The van der Waals surface area contributed by atoms with E-state index in [9.17, 15) is 14.4 Å². The van der Waals surface area contributed by atoms with Crippen molar-refractivity contribution in [3.8, 4) is 29.1 Å². The first-order chi connectivity index (χ1) is 33.1. The molecule has 0 aromatic heterocycles. The zero-order valence-corrected chi connectivity index (χ0v) is 41.5. The van der Waals surface area contributed by atoms with Gasteiger partial charge in [0.15, 0.2) is 18.1 Å². The molecule has 1 saturated carbocycles. The van der Waals surface area contributed by atoms with Crippen LogP contribution in [0, 0.1) is 50.4 Å². The third kappa shape index (κ3) is 15.2. The Hall–Kier alpha value is -5.09. The van der Waals surface area contributed by atoms with Crippen molar-refractivity contribution in [1.82, 2.24) is 10.2 Å². The van der Waals surface area contributed by atoms with Crippen LogP contribution in [-0.2, 0) is 39.8 Å². The summed E-state index contributed by atoms with van der Waals surface area (Å²) in [6.45, 7) is 11.8. The molecule has 0 bridgehead atoms. The molecule has 3 aromatic carbocycles. The molecule has 1 aliphatic heterocycles. The fraction of sp³-hybridized carbons (Fsp3) is 0.589. The Kier molecular flexibility index (Phi) is 20.9. The van der Waals surface area contributed by atoms with E-state index in [0.29, 0.717) is 89.1 Å². The first-order valence-electron chi connectivity index (χ1n) is 25.1. The van der Waals surface area contributed by atoms with Crippen LogP contribution in [0.4, 0.5) is 0 Å². The minimum Gasteiger partial charge on any atom is -0.493 e. The van der Waals surface area contributed by atoms with Crippen molar-refractivity contribution in [3.63, 3.8) is 0 Å². The van der Waals surface area contributed by atoms with Gasteiger partial charge >= 0.3 is 5.97 Å². The Bertz CT molecular complexity index is 2150. The summed E-state index contributed by atoms with van der Waals surface area (Å²) in [5.74, 6) is 9.63. The third-order valence-electron chi connectivity index (χ3n) is 14.0. The summed E-state index contributed by atoms with van der Waals surface area (Å²) >= 11 is 0. The van der Waals surface area contributed by atoms with Crippen LogP contribution in [0.3, 0.4) is 0 Å². The molecule has 0 spiro atoms. The predicted molar refractivity (Wildman–Crippen MR) is 263 cm³/mol. The van der Waals surface area contributed by atoms with Gasteiger partial charge in [0, 0.05) is 32.5 Å². The fourth-order valence-electron chi connectivity index (χ4n) is 10.0. The van der Waals surface area contributed by atoms with Crippen molar-refractivity contribution in [2.45, 2.75) is 123 Å². The highest BCUT2D eigenvalue weighted by atomic mass is 16.6. The van der Waals surface area contributed by atoms with E-state index in [0.717, 1.165) is 78.7 Å². The summed E-state index contributed by atoms with van der Waals surface area (Å²) in [6, 6.07) is 16.9. The van der Waals surface area contributed by atoms with Crippen LogP contribution in [0.2, 0.25) is 0 Å². The number of ether oxygens (including phenoxy) is 7. The molecule has 1 saturated heterocycles. The lowest BCUT2D eigenvalue weighted by atomic mass is 9.91. The number of nitrogens with one attached hydrogen (secondary N) is 1. The number of esters is 1. The van der Waals surface area contributed by atoms with Gasteiger partial charge in [-0.05, 0) is 154 Å². The van der Waals surface area contributed by atoms with Gasteiger partial charge < -0.3 is 43.4 Å². The SMILES string of the molecule is CC[C@H](C(=O)N1CCCC[C@H]1C(=O)O[C@H](CCc1ccc(C)c(C)c1)c1cccc(OCC(=O)NCCOCCOCCOCCC[C@@H]2[C@@H]3CCC#CCC[C@@H]32)c1)c1cc(C)c(OC)c(OC)c1. The normalized spacial score (nSPS) is 19.5. The van der Waals surface area contributed by atoms with Crippen molar-refractivity contribution >= 4 is 17.8 Å². The largest absolute Gasteiger partial charge is 0.493 e. The number of amides is 2. The van der Waals surface area contributed by atoms with Crippen LogP contribution >= 0.6 is 0 Å². The average Bonchev–Trinajstić information content (AvgIpc) is 3.99. The second-order valence-corrected chi connectivity index (χ2v) is 18.6. The zero-order valence-electron chi connectivity index (χ0n) is 41.5. The number of rotatable bonds is 27. The highest BCUT2D eigenvalue weighted by Gasteiger charge is 2.47. The number of nitrogens with zero attached hydrogens (tertiary/aromatic N) is 1. The highest BCUT2D eigenvalue weighted by Crippen LogP contribution is 2.54. The van der Waals surface area contributed by atoms with Gasteiger partial charge in [0.1, 0.15) is 17.9 Å². The number of carbonyl (C=O) groups is 3. The molecule has 12 heteroatoms. The monoisotopic (exact) mass is 937 g/mol. The number of aryl methyl sites for hydroxylation is 4. The van der Waals surface area contributed by atoms with Gasteiger partial charge in [-0.2, -0.15) is 0 Å². The molecule has 2 amide bonds. The number of methoxy groups -OCH3 is 2. The molecule has 68 heavy (non-hydrogen) atoms. The van der Waals surface area contributed by atoms with Crippen LogP contribution in [0.25, 0.3) is 0 Å². The molecule has 0 unspecified atom stereocenters. The van der Waals surface area contributed by atoms with E-state index in [1.807, 2.05) is 44.2 Å². The van der Waals surface area contributed by atoms with Crippen molar-refractivity contribution in [2.75, 3.05) is 73.6 Å². The Morgan fingerprint density at radius 3 is 2.22 bits per heavy atom. The van der Waals surface area contributed by atoms with Gasteiger partial charge in [-0.25, -0.2) is 4.79 Å². The molecule has 3 aromatic rings. The second kappa shape index (κ2) is 27.2. The van der Waals surface area contributed by atoms with Gasteiger partial charge in [0.05, 0.1) is 53.2 Å². The Balaban J connectivity index is 0.952. The van der Waals surface area contributed by atoms with E-state index in [-0.39, 0.29) is 18.4 Å². The van der Waals surface area contributed by atoms with Gasteiger partial charge in [-0.15, -0.1) is 11.8 Å². The number of likely N-dealkylation sites (tertiary alicyclic amines) is 1. The molecule has 6 rings (SSSR count). The summed E-state index contributed by atoms with van der Waals surface area (Å²) in [5.41, 5.74) is 5.98. The highest BCUT2D eigenvalue weighted by molar-refractivity contribution is 5.89. The lowest BCUT2D eigenvalue weighted by Gasteiger charge is -2.37. The standard InChI is InChI=1S/C56H76N2O10/c1-7-46(44-35-41(4)54(63-6)52(37-44)62-5)55(60)58-27-13-12-21-50(58)56(61)68-51(25-24-42-23-22-39(2)40(3)34-42)43-16-14-17-45(36-43)67-38-53(59)57-26-29-65-31-33-66-32-30-64-28-15-20-49-47-18-10-8-9-11-19-48(47)49/h14,16-17,22-23,34-37,46-51H,7,10-13,15,18-21,24-33,38H2,1-6H3,(H,57,59)/t46-,47-,48+,49-,50-,51+/m0/s1. The lowest BCUT2D eigenvalue weighted by molar-refractivity contribution is -0.162. The molecule has 2 aliphatic carbocycles. The van der Waals surface area contributed by atoms with Crippen molar-refractivity contribution in [1.29, 1.82) is 0 Å². The van der Waals surface area contributed by atoms with E-state index in [2.05, 4.69) is 49.2 Å². The molecule has 2 fully saturated rings. The van der Waals surface area contributed by atoms with E-state index in [1.165, 1.54) is 30.4 Å². The van der Waals surface area contributed by atoms with Crippen LogP contribution in [0.1, 0.15) is 123 Å². The predicted octanol–water partition coefficient (Wildman–Crippen LogP) is 9.19. The van der Waals surface area contributed by atoms with Crippen LogP contribution in [-0.4, -0.2) is 102 Å². The molecular formula is C56H76N2O10. The Morgan fingerprint density at radius 2 is 1.51 bits per heavy atom. The second-order valence-electron chi connectivity index (χ2n) is 18.6. The fourth-order valence-corrected chi connectivity index (χ4v) is 10.0. The van der Waals surface area contributed by atoms with E-state index in [4.69, 9.17) is 33.2 Å². The van der Waals surface area contributed by atoms with E-state index >= 15 is 0 Å². The van der Waals surface area contributed by atoms with Crippen molar-refractivity contribution < 1.29 is 47.5 Å². The van der Waals surface area contributed by atoms with Crippen molar-refractivity contribution in [3.05, 3.63) is 88.0 Å². The number of hydrogen-bond acceptors (Lipinski definition) is 10. The molecule has 6 atom stereocenters. The molecule has 1 N–H and O–H groups in total. The summed E-state index contributed by atoms with van der Waals surface area (Å²) in [7, 11) is 3.19. The maximum atomic E-state index is 14.4. The summed E-state index contributed by atoms with van der Waals surface area (Å²) < 4.78 is 40.7. The summed E-state index contributed by atoms with van der Waals surface area (Å²) in [4.78, 5) is 43.3. The number of carbonyl (C=O) groups excluding carboxylic acids is 3. The molecule has 1 heterocycles. The van der Waals surface area contributed by atoms with Crippen molar-refractivity contribution in [2.24, 2.45) is 17.8 Å². The maximum absolute atomic E-state index is 14.4. The smallest absolute Gasteiger partial charge is 0.329 e. The zero-order chi connectivity index (χ0) is 48.3. The number of piperidine rings is 1. The topological polar surface area (TPSA) is 131 Å². The van der Waals surface area contributed by atoms with Crippen LogP contribution < -0.4 is 19.5 Å². The van der Waals surface area contributed by atoms with E-state index in [1.54, 1.807) is 25.2 Å². The Morgan fingerprint density at radius 1 is 0.779 bits per heavy atom. The lowest BCUT2D eigenvalue weighted by Crippen LogP contribution is -2.50. The number of fused-ring (bicyclic) bond motifs is 1. The minimum absolute atomic E-state index is 0.105. The summed E-state index contributed by atoms with van der Waals surface area (Å²) in [5, 5.41) is 2.84. The van der Waals surface area contributed by atoms with Crippen LogP contribution in [0.15, 0.2) is 54.6 Å². The molecule has 0 radical (unpaired) electrons. The summed E-state index contributed by atoms with van der Waals surface area (Å²) in [6.07, 6.45) is 10.3. The average molecular weight is 937 g/mol. The van der Waals surface area contributed by atoms with Gasteiger partial charge in [-0.1, -0.05) is 43.3 Å². The quantitative estimate of drug-likeness (QED) is 0.0449. The third-order valence-corrected chi connectivity index (χ3v) is 14.0. The van der Waals surface area contributed by atoms with E-state index < -0.39 is 24.0 Å². The van der Waals surface area contributed by atoms with Crippen LogP contribution in [0.5, 0.6) is 17.2 Å². The van der Waals surface area contributed by atoms with Gasteiger partial charge in [-0.3, -0.25) is 9.59 Å². The molecular weight excluding hydrogens is 861 g/mol. The van der Waals surface area contributed by atoms with Gasteiger partial charge in [0.25, 0.3) is 5.91 Å². The number of benzene rings is 3. The molecule has 12 nitrogen and oxygen atoms in total. The molecule has 370 valence electrons. The first-order valence-corrected chi connectivity index (χ1v) is 25.1. The number of hydrogen-bond donors (Lipinski definition) is 1. The Labute approximate surface area is 405 Å². The minimum atomic E-state index is -0.725. The van der Waals surface area contributed by atoms with Gasteiger partial charge in [0.2, 0.25) is 5.91 Å². The first kappa shape index (κ1) is 52.3. The molecule has 3 aliphatic rings. The maximum Gasteiger partial charge on any atom is 0.329 e.